The summed E-state index contributed by atoms with van der Waals surface area (Å²) in [5.74, 6) is 1.52. The number of rotatable bonds is 7. The molecule has 0 aliphatic heterocycles. The topological polar surface area (TPSA) is 38.0 Å². The molecule has 0 saturated heterocycles. The van der Waals surface area contributed by atoms with Crippen molar-refractivity contribution in [2.24, 2.45) is 17.6 Å². The number of nitrogens with one attached hydrogen (secondary N) is 1. The third kappa shape index (κ3) is 5.95. The van der Waals surface area contributed by atoms with E-state index in [1.165, 1.54) is 19.3 Å². The summed E-state index contributed by atoms with van der Waals surface area (Å²) in [4.78, 5) is 0. The normalized spacial score (nSPS) is 25.3. The molecule has 0 aromatic carbocycles. The number of hydrogen-bond acceptors (Lipinski definition) is 2. The first-order valence-corrected chi connectivity index (χ1v) is 6.33. The van der Waals surface area contributed by atoms with E-state index in [4.69, 9.17) is 5.73 Å². The molecule has 0 saturated carbocycles. The summed E-state index contributed by atoms with van der Waals surface area (Å²) in [6.07, 6.45) is 9.52. The van der Waals surface area contributed by atoms with Gasteiger partial charge in [-0.15, -0.1) is 0 Å². The van der Waals surface area contributed by atoms with Crippen LogP contribution >= 0.6 is 0 Å². The molecule has 1 rings (SSSR count). The first-order chi connectivity index (χ1) is 7.18. The highest BCUT2D eigenvalue weighted by molar-refractivity contribution is 5.04. The zero-order valence-electron chi connectivity index (χ0n) is 10.2. The molecule has 0 aromatic rings. The van der Waals surface area contributed by atoms with E-state index >= 15 is 0 Å². The summed E-state index contributed by atoms with van der Waals surface area (Å²) in [6, 6.07) is 0.303. The van der Waals surface area contributed by atoms with Gasteiger partial charge in [0, 0.05) is 12.6 Å². The molecule has 2 atom stereocenters. The third-order valence-electron chi connectivity index (χ3n) is 3.00. The molecule has 1 aliphatic rings. The summed E-state index contributed by atoms with van der Waals surface area (Å²) >= 11 is 0. The highest BCUT2D eigenvalue weighted by Gasteiger charge is 2.14. The summed E-state index contributed by atoms with van der Waals surface area (Å²) in [7, 11) is 0. The summed E-state index contributed by atoms with van der Waals surface area (Å²) in [5.41, 5.74) is 5.80. The van der Waals surface area contributed by atoms with Gasteiger partial charge in [-0.1, -0.05) is 38.8 Å². The van der Waals surface area contributed by atoms with Crippen LogP contribution in [0.2, 0.25) is 0 Å². The average molecular weight is 210 g/mol. The van der Waals surface area contributed by atoms with Crippen molar-refractivity contribution in [2.45, 2.75) is 45.6 Å². The van der Waals surface area contributed by atoms with Crippen molar-refractivity contribution < 1.29 is 0 Å². The minimum Gasteiger partial charge on any atom is -0.324 e. The van der Waals surface area contributed by atoms with Gasteiger partial charge in [0.1, 0.15) is 0 Å². The molecule has 88 valence electrons. The molecule has 0 bridgehead atoms. The van der Waals surface area contributed by atoms with Gasteiger partial charge in [-0.25, -0.2) is 0 Å². The highest BCUT2D eigenvalue weighted by Crippen LogP contribution is 2.15. The summed E-state index contributed by atoms with van der Waals surface area (Å²) < 4.78 is 0. The molecule has 1 aliphatic carbocycles. The van der Waals surface area contributed by atoms with Crippen molar-refractivity contribution in [3.05, 3.63) is 12.2 Å². The maximum Gasteiger partial charge on any atom is 0.0229 e. The molecule has 0 fully saturated rings. The Morgan fingerprint density at radius 3 is 2.73 bits per heavy atom. The minimum atomic E-state index is 0.303. The molecule has 2 heteroatoms. The Morgan fingerprint density at radius 1 is 1.33 bits per heavy atom. The van der Waals surface area contributed by atoms with Gasteiger partial charge in [0.05, 0.1) is 0 Å². The Morgan fingerprint density at radius 2 is 2.13 bits per heavy atom. The van der Waals surface area contributed by atoms with Crippen LogP contribution in [0.4, 0.5) is 0 Å². The van der Waals surface area contributed by atoms with Crippen LogP contribution in [0.3, 0.4) is 0 Å². The molecular formula is C13H26N2. The van der Waals surface area contributed by atoms with Crippen LogP contribution in [-0.2, 0) is 0 Å². The Labute approximate surface area is 94.3 Å². The van der Waals surface area contributed by atoms with Crippen LogP contribution < -0.4 is 11.1 Å². The van der Waals surface area contributed by atoms with Crippen LogP contribution in [0.25, 0.3) is 0 Å². The van der Waals surface area contributed by atoms with Crippen molar-refractivity contribution in [2.75, 3.05) is 13.1 Å². The fourth-order valence-electron chi connectivity index (χ4n) is 2.05. The van der Waals surface area contributed by atoms with Crippen LogP contribution in [0.1, 0.15) is 39.5 Å². The van der Waals surface area contributed by atoms with E-state index in [1.54, 1.807) is 0 Å². The van der Waals surface area contributed by atoms with Crippen molar-refractivity contribution in [1.29, 1.82) is 0 Å². The number of hydrogen-bond donors (Lipinski definition) is 2. The van der Waals surface area contributed by atoms with Gasteiger partial charge < -0.3 is 11.1 Å². The number of unbranched alkanes of at least 4 members (excludes halogenated alkanes) is 1. The number of nitrogens with two attached hydrogens (primary N) is 1. The van der Waals surface area contributed by atoms with Gasteiger partial charge in [0.2, 0.25) is 0 Å². The maximum atomic E-state index is 5.80. The van der Waals surface area contributed by atoms with Crippen LogP contribution in [0.5, 0.6) is 0 Å². The van der Waals surface area contributed by atoms with Crippen LogP contribution in [0.15, 0.2) is 12.2 Å². The fraction of sp³-hybridized carbons (Fsp3) is 0.846. The lowest BCUT2D eigenvalue weighted by atomic mass is 10.1. The third-order valence-corrected chi connectivity index (χ3v) is 3.00. The second-order valence-corrected chi connectivity index (χ2v) is 5.14. The Balaban J connectivity index is 1.87. The first kappa shape index (κ1) is 12.7. The van der Waals surface area contributed by atoms with Crippen molar-refractivity contribution in [3.8, 4) is 0 Å². The largest absolute Gasteiger partial charge is 0.324 e. The van der Waals surface area contributed by atoms with Crippen LogP contribution in [0, 0.1) is 11.8 Å². The van der Waals surface area contributed by atoms with E-state index in [1.807, 2.05) is 0 Å². The van der Waals surface area contributed by atoms with E-state index in [9.17, 15) is 0 Å². The smallest absolute Gasteiger partial charge is 0.0229 e. The fourth-order valence-corrected chi connectivity index (χ4v) is 2.05. The second kappa shape index (κ2) is 7.02. The van der Waals surface area contributed by atoms with E-state index in [-0.39, 0.29) is 0 Å². The molecule has 0 radical (unpaired) electrons. The Hall–Kier alpha value is -0.340. The van der Waals surface area contributed by atoms with Gasteiger partial charge >= 0.3 is 0 Å². The van der Waals surface area contributed by atoms with Crippen molar-refractivity contribution >= 4 is 0 Å². The Bertz CT molecular complexity index is 187. The van der Waals surface area contributed by atoms with Gasteiger partial charge in [-0.2, -0.15) is 0 Å². The van der Waals surface area contributed by atoms with E-state index in [0.717, 1.165) is 25.4 Å². The molecular weight excluding hydrogens is 184 g/mol. The van der Waals surface area contributed by atoms with Gasteiger partial charge in [0.25, 0.3) is 0 Å². The molecule has 2 unspecified atom stereocenters. The standard InChI is InChI=1S/C13H26N2/c1-11(2)5-3-4-8-15-10-12-6-7-13(14)9-12/h6-7,11-13,15H,3-5,8-10,14H2,1-2H3. The summed E-state index contributed by atoms with van der Waals surface area (Å²) in [5, 5.41) is 3.51. The molecule has 15 heavy (non-hydrogen) atoms. The minimum absolute atomic E-state index is 0.303. The quantitative estimate of drug-likeness (QED) is 0.500. The lowest BCUT2D eigenvalue weighted by Crippen LogP contribution is -2.24. The average Bonchev–Trinajstić information content (AvgIpc) is 2.57. The van der Waals surface area contributed by atoms with E-state index < -0.39 is 0 Å². The predicted octanol–water partition coefficient (Wildman–Crippen LogP) is 2.31. The van der Waals surface area contributed by atoms with Crippen molar-refractivity contribution in [1.82, 2.24) is 5.32 Å². The zero-order valence-corrected chi connectivity index (χ0v) is 10.2. The van der Waals surface area contributed by atoms with E-state index in [0.29, 0.717) is 12.0 Å². The lowest BCUT2D eigenvalue weighted by molar-refractivity contribution is 0.491. The molecule has 0 aromatic heterocycles. The monoisotopic (exact) mass is 210 g/mol. The van der Waals surface area contributed by atoms with Crippen LogP contribution in [-0.4, -0.2) is 19.1 Å². The molecule has 0 amide bonds. The predicted molar refractivity (Wildman–Crippen MR) is 66.8 cm³/mol. The second-order valence-electron chi connectivity index (χ2n) is 5.14. The SMILES string of the molecule is CC(C)CCCCNCC1C=CC(N)C1. The maximum absolute atomic E-state index is 5.80. The first-order valence-electron chi connectivity index (χ1n) is 6.33. The molecule has 0 heterocycles. The summed E-state index contributed by atoms with van der Waals surface area (Å²) in [6.45, 7) is 6.84. The Kier molecular flexibility index (Phi) is 5.96. The molecule has 2 nitrogen and oxygen atoms in total. The zero-order chi connectivity index (χ0) is 11.1. The lowest BCUT2D eigenvalue weighted by Gasteiger charge is -2.10. The molecule has 3 N–H and O–H groups in total. The van der Waals surface area contributed by atoms with Gasteiger partial charge in [0.15, 0.2) is 0 Å². The van der Waals surface area contributed by atoms with Gasteiger partial charge in [-0.05, 0) is 31.2 Å². The molecule has 0 spiro atoms. The van der Waals surface area contributed by atoms with Gasteiger partial charge in [-0.3, -0.25) is 0 Å². The highest BCUT2D eigenvalue weighted by atomic mass is 14.9. The van der Waals surface area contributed by atoms with Crippen molar-refractivity contribution in [3.63, 3.8) is 0 Å². The van der Waals surface area contributed by atoms with E-state index in [2.05, 4.69) is 31.3 Å².